The molecule has 0 amide bonds. The van der Waals surface area contributed by atoms with Crippen LogP contribution in [0.15, 0.2) is 41.3 Å². The number of benzene rings is 2. The van der Waals surface area contributed by atoms with E-state index in [0.29, 0.717) is 5.56 Å². The van der Waals surface area contributed by atoms with Gasteiger partial charge in [-0.1, -0.05) is 6.07 Å². The Morgan fingerprint density at radius 2 is 1.74 bits per heavy atom. The third-order valence-corrected chi connectivity index (χ3v) is 5.22. The van der Waals surface area contributed by atoms with Crippen LogP contribution in [0.4, 0.5) is 20.2 Å². The van der Waals surface area contributed by atoms with Crippen molar-refractivity contribution in [2.45, 2.75) is 11.8 Å². The second-order valence-corrected chi connectivity index (χ2v) is 6.72. The van der Waals surface area contributed by atoms with Gasteiger partial charge in [0.05, 0.1) is 15.5 Å². The van der Waals surface area contributed by atoms with E-state index in [4.69, 9.17) is 0 Å². The first-order chi connectivity index (χ1) is 10.6. The number of hydrogen-bond donors (Lipinski definition) is 0. The first kappa shape index (κ1) is 16.8. The Bertz CT molecular complexity index is 884. The number of halogens is 2. The van der Waals surface area contributed by atoms with Crippen LogP contribution in [0.2, 0.25) is 0 Å². The lowest BCUT2D eigenvalue weighted by atomic mass is 10.2. The summed E-state index contributed by atoms with van der Waals surface area (Å²) in [6, 6.07) is 6.07. The third-order valence-electron chi connectivity index (χ3n) is 3.29. The average molecular weight is 342 g/mol. The highest BCUT2D eigenvalue weighted by Crippen LogP contribution is 2.28. The number of nitro benzene ring substituents is 1. The van der Waals surface area contributed by atoms with Crippen molar-refractivity contribution in [3.63, 3.8) is 0 Å². The second kappa shape index (κ2) is 5.92. The van der Waals surface area contributed by atoms with Gasteiger partial charge in [0.25, 0.3) is 15.7 Å². The highest BCUT2D eigenvalue weighted by Gasteiger charge is 2.26. The van der Waals surface area contributed by atoms with Crippen LogP contribution in [0, 0.1) is 28.7 Å². The third kappa shape index (κ3) is 3.14. The van der Waals surface area contributed by atoms with Gasteiger partial charge >= 0.3 is 0 Å². The van der Waals surface area contributed by atoms with Gasteiger partial charge < -0.3 is 0 Å². The van der Waals surface area contributed by atoms with Crippen LogP contribution in [0.3, 0.4) is 0 Å². The van der Waals surface area contributed by atoms with Crippen LogP contribution >= 0.6 is 0 Å². The monoisotopic (exact) mass is 342 g/mol. The molecule has 0 saturated carbocycles. The van der Waals surface area contributed by atoms with Gasteiger partial charge in [-0.25, -0.2) is 17.2 Å². The number of non-ortho nitro benzene ring substituents is 1. The summed E-state index contributed by atoms with van der Waals surface area (Å²) < 4.78 is 52.2. The number of nitro groups is 1. The highest BCUT2D eigenvalue weighted by molar-refractivity contribution is 7.92. The summed E-state index contributed by atoms with van der Waals surface area (Å²) in [4.78, 5) is 9.83. The fourth-order valence-corrected chi connectivity index (χ4v) is 3.38. The van der Waals surface area contributed by atoms with E-state index in [1.54, 1.807) is 0 Å². The normalized spacial score (nSPS) is 11.3. The molecule has 0 N–H and O–H groups in total. The van der Waals surface area contributed by atoms with E-state index in [1.165, 1.54) is 19.1 Å². The molecule has 0 unspecified atom stereocenters. The fraction of sp³-hybridized carbons (Fsp3) is 0.143. The standard InChI is InChI=1S/C14H12F2N2O4S/c1-9-3-4-11(18(19)20)8-14(9)23(21,22)17(2)10-5-6-12(15)13(16)7-10/h3-8H,1-2H3. The van der Waals surface area contributed by atoms with Crippen molar-refractivity contribution in [3.05, 3.63) is 63.7 Å². The van der Waals surface area contributed by atoms with Gasteiger partial charge in [0.2, 0.25) is 0 Å². The topological polar surface area (TPSA) is 80.5 Å². The van der Waals surface area contributed by atoms with E-state index in [-0.39, 0.29) is 16.3 Å². The Morgan fingerprint density at radius 3 is 2.30 bits per heavy atom. The molecule has 0 spiro atoms. The lowest BCUT2D eigenvalue weighted by Gasteiger charge is -2.20. The summed E-state index contributed by atoms with van der Waals surface area (Å²) in [5.41, 5.74) is -0.187. The Labute approximate surface area is 131 Å². The lowest BCUT2D eigenvalue weighted by molar-refractivity contribution is -0.385. The van der Waals surface area contributed by atoms with E-state index in [0.717, 1.165) is 35.6 Å². The zero-order chi connectivity index (χ0) is 17.4. The van der Waals surface area contributed by atoms with Gasteiger partial charge in [-0.15, -0.1) is 0 Å². The molecule has 6 nitrogen and oxygen atoms in total. The summed E-state index contributed by atoms with van der Waals surface area (Å²) in [7, 11) is -3.02. The van der Waals surface area contributed by atoms with Gasteiger partial charge in [0, 0.05) is 25.2 Å². The zero-order valence-corrected chi connectivity index (χ0v) is 13.0. The summed E-state index contributed by atoms with van der Waals surface area (Å²) in [6.07, 6.45) is 0. The van der Waals surface area contributed by atoms with Gasteiger partial charge in [0.1, 0.15) is 0 Å². The smallest absolute Gasteiger partial charge is 0.269 e. The van der Waals surface area contributed by atoms with Crippen LogP contribution in [-0.2, 0) is 10.0 Å². The maximum absolute atomic E-state index is 13.3. The number of nitrogens with zero attached hydrogens (tertiary/aromatic N) is 2. The minimum absolute atomic E-state index is 0.102. The number of aryl methyl sites for hydroxylation is 1. The van der Waals surface area contributed by atoms with Gasteiger partial charge in [-0.05, 0) is 24.6 Å². The molecule has 2 aromatic rings. The molecule has 9 heteroatoms. The van der Waals surface area contributed by atoms with Crippen LogP contribution in [0.1, 0.15) is 5.56 Å². The molecule has 2 aromatic carbocycles. The Balaban J connectivity index is 2.55. The molecule has 0 atom stereocenters. The van der Waals surface area contributed by atoms with E-state index in [9.17, 15) is 27.3 Å². The highest BCUT2D eigenvalue weighted by atomic mass is 32.2. The van der Waals surface area contributed by atoms with E-state index < -0.39 is 26.6 Å². The molecular formula is C14H12F2N2O4S. The quantitative estimate of drug-likeness (QED) is 0.632. The van der Waals surface area contributed by atoms with Crippen molar-refractivity contribution in [2.75, 3.05) is 11.4 Å². The number of anilines is 1. The Hall–Kier alpha value is -2.55. The second-order valence-electron chi connectivity index (χ2n) is 4.78. The molecule has 0 aromatic heterocycles. The minimum Gasteiger partial charge on any atom is -0.269 e. The first-order valence-electron chi connectivity index (χ1n) is 6.33. The van der Waals surface area contributed by atoms with Gasteiger partial charge in [-0.3, -0.25) is 14.4 Å². The van der Waals surface area contributed by atoms with Gasteiger partial charge in [-0.2, -0.15) is 0 Å². The molecule has 0 bridgehead atoms. The molecule has 0 radical (unpaired) electrons. The fourth-order valence-electron chi connectivity index (χ4n) is 1.95. The summed E-state index contributed by atoms with van der Waals surface area (Å²) in [5, 5.41) is 10.8. The van der Waals surface area contributed by atoms with Crippen molar-refractivity contribution < 1.29 is 22.1 Å². The molecular weight excluding hydrogens is 330 g/mol. The predicted octanol–water partition coefficient (Wildman–Crippen LogP) is 3.01. The molecule has 0 saturated heterocycles. The maximum atomic E-state index is 13.3. The Kier molecular flexibility index (Phi) is 4.33. The van der Waals surface area contributed by atoms with Crippen LogP contribution in [-0.4, -0.2) is 20.4 Å². The average Bonchev–Trinajstić information content (AvgIpc) is 2.49. The summed E-state index contributed by atoms with van der Waals surface area (Å²) in [6.45, 7) is 1.48. The van der Waals surface area contributed by atoms with E-state index in [2.05, 4.69) is 0 Å². The number of hydrogen-bond acceptors (Lipinski definition) is 4. The lowest BCUT2D eigenvalue weighted by Crippen LogP contribution is -2.27. The van der Waals surface area contributed by atoms with Crippen molar-refractivity contribution >= 4 is 21.4 Å². The van der Waals surface area contributed by atoms with E-state index in [1.807, 2.05) is 0 Å². The molecule has 0 heterocycles. The zero-order valence-electron chi connectivity index (χ0n) is 12.2. The van der Waals surface area contributed by atoms with Crippen LogP contribution < -0.4 is 4.31 Å². The van der Waals surface area contributed by atoms with E-state index >= 15 is 0 Å². The number of sulfonamides is 1. The van der Waals surface area contributed by atoms with Gasteiger partial charge in [0.15, 0.2) is 11.6 Å². The molecule has 0 fully saturated rings. The number of rotatable bonds is 4. The molecule has 0 aliphatic rings. The van der Waals surface area contributed by atoms with Crippen molar-refractivity contribution in [1.82, 2.24) is 0 Å². The first-order valence-corrected chi connectivity index (χ1v) is 7.77. The molecule has 23 heavy (non-hydrogen) atoms. The molecule has 0 aliphatic heterocycles. The molecule has 2 rings (SSSR count). The summed E-state index contributed by atoms with van der Waals surface area (Å²) >= 11 is 0. The predicted molar refractivity (Wildman–Crippen MR) is 79.8 cm³/mol. The minimum atomic E-state index is -4.17. The summed E-state index contributed by atoms with van der Waals surface area (Å²) in [5.74, 6) is -2.30. The van der Waals surface area contributed by atoms with Crippen LogP contribution in [0.25, 0.3) is 0 Å². The van der Waals surface area contributed by atoms with Crippen LogP contribution in [0.5, 0.6) is 0 Å². The molecule has 0 aliphatic carbocycles. The van der Waals surface area contributed by atoms with Crippen molar-refractivity contribution in [3.8, 4) is 0 Å². The largest absolute Gasteiger partial charge is 0.270 e. The van der Waals surface area contributed by atoms with Crippen molar-refractivity contribution in [1.29, 1.82) is 0 Å². The van der Waals surface area contributed by atoms with Crippen molar-refractivity contribution in [2.24, 2.45) is 0 Å². The SMILES string of the molecule is Cc1ccc([N+](=O)[O-])cc1S(=O)(=O)N(C)c1ccc(F)c(F)c1. The Morgan fingerprint density at radius 1 is 1.09 bits per heavy atom. The maximum Gasteiger partial charge on any atom is 0.270 e. The molecule has 122 valence electrons.